The number of halogens is 1. The van der Waals surface area contributed by atoms with Crippen LogP contribution < -0.4 is 5.32 Å². The third-order valence-corrected chi connectivity index (χ3v) is 3.43. The van der Waals surface area contributed by atoms with Gasteiger partial charge in [0.05, 0.1) is 11.4 Å². The number of benzene rings is 1. The van der Waals surface area contributed by atoms with Crippen LogP contribution in [0.15, 0.2) is 47.6 Å². The number of nitrogens with one attached hydrogen (secondary N) is 1. The molecule has 0 fully saturated rings. The molecular formula is C14H13FN2OS. The Bertz CT molecular complexity index is 575. The van der Waals surface area contributed by atoms with E-state index in [2.05, 4.69) is 10.3 Å². The van der Waals surface area contributed by atoms with E-state index in [1.54, 1.807) is 31.5 Å². The Kier molecular flexibility index (Phi) is 4.52. The number of hydrogen-bond acceptors (Lipinski definition) is 3. The van der Waals surface area contributed by atoms with Gasteiger partial charge in [-0.3, -0.25) is 9.78 Å². The Morgan fingerprint density at radius 3 is 2.74 bits per heavy atom. The summed E-state index contributed by atoms with van der Waals surface area (Å²) in [6, 6.07) is 8.37. The second-order valence-corrected chi connectivity index (χ2v) is 5.05. The topological polar surface area (TPSA) is 42.0 Å². The lowest BCUT2D eigenvalue weighted by molar-refractivity contribution is -0.113. The molecule has 0 aliphatic heterocycles. The number of amides is 1. The molecule has 2 aromatic rings. The van der Waals surface area contributed by atoms with Crippen molar-refractivity contribution in [2.75, 3.05) is 11.1 Å². The lowest BCUT2D eigenvalue weighted by Gasteiger charge is -2.06. The molecule has 0 bridgehead atoms. The van der Waals surface area contributed by atoms with Crippen molar-refractivity contribution in [3.05, 3.63) is 54.1 Å². The minimum atomic E-state index is -0.415. The molecule has 0 saturated carbocycles. The molecule has 1 aromatic heterocycles. The fraction of sp³-hybridized carbons (Fsp3) is 0.143. The Balaban J connectivity index is 1.91. The Hall–Kier alpha value is -1.88. The fourth-order valence-corrected chi connectivity index (χ4v) is 2.18. The molecule has 3 nitrogen and oxygen atoms in total. The second-order valence-electron chi connectivity index (χ2n) is 4.00. The van der Waals surface area contributed by atoms with Crippen LogP contribution in [0.3, 0.4) is 0 Å². The van der Waals surface area contributed by atoms with Gasteiger partial charge < -0.3 is 5.32 Å². The van der Waals surface area contributed by atoms with Crippen molar-refractivity contribution in [1.29, 1.82) is 0 Å². The smallest absolute Gasteiger partial charge is 0.234 e. The molecule has 1 N–H and O–H groups in total. The zero-order valence-electron chi connectivity index (χ0n) is 10.4. The molecule has 1 amide bonds. The first kappa shape index (κ1) is 13.5. The van der Waals surface area contributed by atoms with Crippen LogP contribution in [-0.4, -0.2) is 16.6 Å². The molecule has 0 aliphatic rings. The first-order valence-electron chi connectivity index (χ1n) is 5.74. The molecule has 0 saturated heterocycles. The van der Waals surface area contributed by atoms with E-state index in [1.165, 1.54) is 17.8 Å². The summed E-state index contributed by atoms with van der Waals surface area (Å²) in [6.07, 6.45) is 3.33. The van der Waals surface area contributed by atoms with Crippen molar-refractivity contribution in [2.24, 2.45) is 0 Å². The van der Waals surface area contributed by atoms with Gasteiger partial charge in [-0.1, -0.05) is 6.07 Å². The van der Waals surface area contributed by atoms with Crippen LogP contribution in [0.5, 0.6) is 0 Å². The zero-order valence-corrected chi connectivity index (χ0v) is 11.2. The van der Waals surface area contributed by atoms with Crippen molar-refractivity contribution >= 4 is 23.4 Å². The predicted octanol–water partition coefficient (Wildman–Crippen LogP) is 3.26. The number of aromatic nitrogens is 1. The average molecular weight is 276 g/mol. The van der Waals surface area contributed by atoms with Crippen molar-refractivity contribution in [2.45, 2.75) is 11.8 Å². The molecule has 19 heavy (non-hydrogen) atoms. The Morgan fingerprint density at radius 2 is 2.05 bits per heavy atom. The molecule has 2 rings (SSSR count). The van der Waals surface area contributed by atoms with Crippen LogP contribution in [0.2, 0.25) is 0 Å². The van der Waals surface area contributed by atoms with Crippen molar-refractivity contribution in [3.8, 4) is 0 Å². The maximum Gasteiger partial charge on any atom is 0.234 e. The number of thioether (sulfide) groups is 1. The van der Waals surface area contributed by atoms with E-state index in [4.69, 9.17) is 0 Å². The lowest BCUT2D eigenvalue weighted by atomic mass is 10.2. The summed E-state index contributed by atoms with van der Waals surface area (Å²) in [7, 11) is 0. The van der Waals surface area contributed by atoms with E-state index in [0.717, 1.165) is 10.5 Å². The number of carbonyl (C=O) groups excluding carboxylic acids is 1. The number of aryl methyl sites for hydroxylation is 1. The van der Waals surface area contributed by atoms with Gasteiger partial charge >= 0.3 is 0 Å². The van der Waals surface area contributed by atoms with Gasteiger partial charge in [0.2, 0.25) is 5.91 Å². The molecule has 1 heterocycles. The van der Waals surface area contributed by atoms with E-state index in [1.807, 2.05) is 12.1 Å². The van der Waals surface area contributed by atoms with Gasteiger partial charge in [-0.25, -0.2) is 4.39 Å². The molecular weight excluding hydrogens is 263 g/mol. The summed E-state index contributed by atoms with van der Waals surface area (Å²) < 4.78 is 13.5. The summed E-state index contributed by atoms with van der Waals surface area (Å²) in [5.74, 6) is -0.413. The zero-order chi connectivity index (χ0) is 13.7. The van der Waals surface area contributed by atoms with E-state index in [0.29, 0.717) is 0 Å². The summed E-state index contributed by atoms with van der Waals surface area (Å²) in [5, 5.41) is 2.56. The third-order valence-electron chi connectivity index (χ3n) is 2.42. The SMILES string of the molecule is Cc1ccc(NC(=O)CSc2ccncc2)c(F)c1. The highest BCUT2D eigenvalue weighted by molar-refractivity contribution is 8.00. The standard InChI is InChI=1S/C14H13FN2OS/c1-10-2-3-13(12(15)8-10)17-14(18)9-19-11-4-6-16-7-5-11/h2-8H,9H2,1H3,(H,17,18). The van der Waals surface area contributed by atoms with Crippen molar-refractivity contribution in [3.63, 3.8) is 0 Å². The van der Waals surface area contributed by atoms with Gasteiger partial charge in [-0.05, 0) is 36.8 Å². The minimum absolute atomic E-state index is 0.214. The largest absolute Gasteiger partial charge is 0.323 e. The van der Waals surface area contributed by atoms with Crippen LogP contribution in [0.4, 0.5) is 10.1 Å². The van der Waals surface area contributed by atoms with E-state index < -0.39 is 5.82 Å². The summed E-state index contributed by atoms with van der Waals surface area (Å²) in [6.45, 7) is 1.80. The monoisotopic (exact) mass is 276 g/mol. The summed E-state index contributed by atoms with van der Waals surface area (Å²) in [5.41, 5.74) is 1.03. The van der Waals surface area contributed by atoms with Crippen LogP contribution in [0, 0.1) is 12.7 Å². The molecule has 98 valence electrons. The molecule has 0 atom stereocenters. The van der Waals surface area contributed by atoms with E-state index in [9.17, 15) is 9.18 Å². The van der Waals surface area contributed by atoms with Gasteiger partial charge in [0.15, 0.2) is 0 Å². The number of hydrogen-bond donors (Lipinski definition) is 1. The minimum Gasteiger partial charge on any atom is -0.323 e. The number of carbonyl (C=O) groups is 1. The Morgan fingerprint density at radius 1 is 1.32 bits per heavy atom. The van der Waals surface area contributed by atoms with E-state index >= 15 is 0 Å². The van der Waals surface area contributed by atoms with Gasteiger partial charge in [-0.2, -0.15) is 0 Å². The van der Waals surface area contributed by atoms with Gasteiger partial charge in [0.25, 0.3) is 0 Å². The van der Waals surface area contributed by atoms with Crippen LogP contribution in [-0.2, 0) is 4.79 Å². The molecule has 0 spiro atoms. The van der Waals surface area contributed by atoms with Crippen molar-refractivity contribution in [1.82, 2.24) is 4.98 Å². The maximum absolute atomic E-state index is 13.5. The highest BCUT2D eigenvalue weighted by Gasteiger charge is 2.07. The summed E-state index contributed by atoms with van der Waals surface area (Å²) >= 11 is 1.38. The number of pyridine rings is 1. The molecule has 0 unspecified atom stereocenters. The summed E-state index contributed by atoms with van der Waals surface area (Å²) in [4.78, 5) is 16.6. The fourth-order valence-electron chi connectivity index (χ4n) is 1.49. The number of anilines is 1. The lowest BCUT2D eigenvalue weighted by Crippen LogP contribution is -2.15. The van der Waals surface area contributed by atoms with Crippen LogP contribution >= 0.6 is 11.8 Å². The second kappa shape index (κ2) is 6.33. The first-order valence-corrected chi connectivity index (χ1v) is 6.72. The highest BCUT2D eigenvalue weighted by Crippen LogP contribution is 2.18. The molecule has 0 radical (unpaired) electrons. The molecule has 0 aliphatic carbocycles. The maximum atomic E-state index is 13.5. The normalized spacial score (nSPS) is 10.2. The molecule has 5 heteroatoms. The van der Waals surface area contributed by atoms with Gasteiger partial charge in [0, 0.05) is 17.3 Å². The third kappa shape index (κ3) is 4.06. The van der Waals surface area contributed by atoms with Crippen LogP contribution in [0.1, 0.15) is 5.56 Å². The highest BCUT2D eigenvalue weighted by atomic mass is 32.2. The predicted molar refractivity (Wildman–Crippen MR) is 74.7 cm³/mol. The number of nitrogens with zero attached hydrogens (tertiary/aromatic N) is 1. The average Bonchev–Trinajstić information content (AvgIpc) is 2.41. The first-order chi connectivity index (χ1) is 9.15. The van der Waals surface area contributed by atoms with E-state index in [-0.39, 0.29) is 17.3 Å². The van der Waals surface area contributed by atoms with Crippen LogP contribution in [0.25, 0.3) is 0 Å². The van der Waals surface area contributed by atoms with Gasteiger partial charge in [0.1, 0.15) is 5.82 Å². The number of rotatable bonds is 4. The molecule has 1 aromatic carbocycles. The van der Waals surface area contributed by atoms with Crippen molar-refractivity contribution < 1.29 is 9.18 Å². The quantitative estimate of drug-likeness (QED) is 0.872. The van der Waals surface area contributed by atoms with Gasteiger partial charge in [-0.15, -0.1) is 11.8 Å². The Labute approximate surface area is 115 Å².